The maximum absolute atomic E-state index is 4.67. The summed E-state index contributed by atoms with van der Waals surface area (Å²) in [5, 5.41) is 7.51. The maximum atomic E-state index is 4.67. The lowest BCUT2D eigenvalue weighted by molar-refractivity contribution is 0.506. The molecule has 0 aliphatic carbocycles. The Bertz CT molecular complexity index is 779. The third-order valence-corrected chi connectivity index (χ3v) is 5.19. The summed E-state index contributed by atoms with van der Waals surface area (Å²) in [5.74, 6) is 2.47. The molecule has 0 aromatic carbocycles. The van der Waals surface area contributed by atoms with Gasteiger partial charge in [-0.25, -0.2) is 15.0 Å². The summed E-state index contributed by atoms with van der Waals surface area (Å²) in [6.07, 6.45) is 5.91. The van der Waals surface area contributed by atoms with Gasteiger partial charge in [-0.3, -0.25) is 0 Å². The Labute approximate surface area is 132 Å². The number of hydrogen-bond donors (Lipinski definition) is 2. The van der Waals surface area contributed by atoms with Gasteiger partial charge in [0.05, 0.1) is 10.4 Å². The van der Waals surface area contributed by atoms with Crippen molar-refractivity contribution < 1.29 is 0 Å². The van der Waals surface area contributed by atoms with E-state index in [0.29, 0.717) is 5.92 Å². The highest BCUT2D eigenvalue weighted by Crippen LogP contribution is 2.33. The van der Waals surface area contributed by atoms with E-state index in [1.165, 1.54) is 11.4 Å². The topological polar surface area (TPSA) is 69.7 Å². The fourth-order valence-electron chi connectivity index (χ4n) is 3.07. The standard InChI is InChI=1S/C15H18N6S/c1-16-12-8-22-15(20-12)10-3-2-6-21(7-10)14-11-4-5-17-13(11)18-9-19-14/h4-5,8-10,16H,2-3,6-7H2,1H3,(H,17,18,19). The Hall–Kier alpha value is -2.15. The van der Waals surface area contributed by atoms with E-state index in [2.05, 4.69) is 41.6 Å². The zero-order valence-corrected chi connectivity index (χ0v) is 13.2. The molecule has 1 atom stereocenters. The van der Waals surface area contributed by atoms with Crippen molar-refractivity contribution in [2.24, 2.45) is 0 Å². The van der Waals surface area contributed by atoms with Crippen LogP contribution in [0.4, 0.5) is 11.6 Å². The van der Waals surface area contributed by atoms with Gasteiger partial charge in [-0.2, -0.15) is 0 Å². The van der Waals surface area contributed by atoms with Gasteiger partial charge in [0.1, 0.15) is 23.6 Å². The molecule has 0 saturated carbocycles. The molecule has 1 unspecified atom stereocenters. The minimum atomic E-state index is 0.477. The van der Waals surface area contributed by atoms with Crippen molar-refractivity contribution >= 4 is 34.0 Å². The molecule has 3 aromatic rings. The van der Waals surface area contributed by atoms with Gasteiger partial charge in [0.15, 0.2) is 0 Å². The van der Waals surface area contributed by atoms with Gasteiger partial charge in [0.2, 0.25) is 0 Å². The van der Waals surface area contributed by atoms with Crippen LogP contribution in [0.3, 0.4) is 0 Å². The van der Waals surface area contributed by atoms with Gasteiger partial charge in [0, 0.05) is 37.6 Å². The maximum Gasteiger partial charge on any atom is 0.142 e. The van der Waals surface area contributed by atoms with Crippen molar-refractivity contribution in [2.45, 2.75) is 18.8 Å². The molecule has 2 N–H and O–H groups in total. The third-order valence-electron chi connectivity index (χ3n) is 4.18. The number of aromatic nitrogens is 4. The molecule has 0 amide bonds. The predicted molar refractivity (Wildman–Crippen MR) is 89.7 cm³/mol. The fraction of sp³-hybridized carbons (Fsp3) is 0.400. The summed E-state index contributed by atoms with van der Waals surface area (Å²) >= 11 is 1.74. The van der Waals surface area contributed by atoms with Crippen LogP contribution in [0.1, 0.15) is 23.8 Å². The monoisotopic (exact) mass is 314 g/mol. The van der Waals surface area contributed by atoms with Crippen molar-refractivity contribution in [2.75, 3.05) is 30.4 Å². The van der Waals surface area contributed by atoms with Crippen LogP contribution in [0.25, 0.3) is 11.0 Å². The van der Waals surface area contributed by atoms with Crippen molar-refractivity contribution in [3.63, 3.8) is 0 Å². The average molecular weight is 314 g/mol. The number of piperidine rings is 1. The molecule has 4 rings (SSSR count). The van der Waals surface area contributed by atoms with Crippen LogP contribution in [0.5, 0.6) is 0 Å². The summed E-state index contributed by atoms with van der Waals surface area (Å²) in [4.78, 5) is 19.0. The zero-order chi connectivity index (χ0) is 14.9. The first-order chi connectivity index (χ1) is 10.8. The lowest BCUT2D eigenvalue weighted by Crippen LogP contribution is -2.35. The van der Waals surface area contributed by atoms with E-state index in [-0.39, 0.29) is 0 Å². The number of fused-ring (bicyclic) bond motifs is 1. The highest BCUT2D eigenvalue weighted by atomic mass is 32.1. The summed E-state index contributed by atoms with van der Waals surface area (Å²) in [7, 11) is 1.91. The molecule has 0 spiro atoms. The fourth-order valence-corrected chi connectivity index (χ4v) is 4.01. The smallest absolute Gasteiger partial charge is 0.142 e. The quantitative estimate of drug-likeness (QED) is 0.778. The van der Waals surface area contributed by atoms with Gasteiger partial charge < -0.3 is 15.2 Å². The molecule has 1 aliphatic rings. The molecule has 114 valence electrons. The Balaban J connectivity index is 1.62. The van der Waals surface area contributed by atoms with Crippen LogP contribution in [0, 0.1) is 0 Å². The molecule has 6 nitrogen and oxygen atoms in total. The van der Waals surface area contributed by atoms with Crippen LogP contribution in [0.2, 0.25) is 0 Å². The third kappa shape index (κ3) is 2.31. The summed E-state index contributed by atoms with van der Waals surface area (Å²) in [6, 6.07) is 2.05. The SMILES string of the molecule is CNc1csc(C2CCCN(c3ncnc4[nH]ccc34)C2)n1. The first kappa shape index (κ1) is 13.5. The summed E-state index contributed by atoms with van der Waals surface area (Å²) < 4.78 is 0. The van der Waals surface area contributed by atoms with Gasteiger partial charge >= 0.3 is 0 Å². The van der Waals surface area contributed by atoms with Crippen LogP contribution in [0.15, 0.2) is 24.0 Å². The average Bonchev–Trinajstić information content (AvgIpc) is 3.23. The van der Waals surface area contributed by atoms with E-state index in [4.69, 9.17) is 0 Å². The minimum absolute atomic E-state index is 0.477. The molecule has 7 heteroatoms. The molecule has 1 aliphatic heterocycles. The van der Waals surface area contributed by atoms with Gasteiger partial charge in [0.25, 0.3) is 0 Å². The Morgan fingerprint density at radius 1 is 1.41 bits per heavy atom. The molecular weight excluding hydrogens is 296 g/mol. The molecule has 1 fully saturated rings. The van der Waals surface area contributed by atoms with Crippen LogP contribution >= 0.6 is 11.3 Å². The summed E-state index contributed by atoms with van der Waals surface area (Å²) in [5.41, 5.74) is 0.902. The van der Waals surface area contributed by atoms with E-state index in [1.807, 2.05) is 13.2 Å². The first-order valence-electron chi connectivity index (χ1n) is 7.51. The Kier molecular flexibility index (Phi) is 3.42. The number of thiazole rings is 1. The van der Waals surface area contributed by atoms with Gasteiger partial charge in [-0.1, -0.05) is 0 Å². The second-order valence-corrected chi connectivity index (χ2v) is 6.43. The highest BCUT2D eigenvalue weighted by molar-refractivity contribution is 7.10. The van der Waals surface area contributed by atoms with E-state index in [0.717, 1.165) is 42.2 Å². The minimum Gasteiger partial charge on any atom is -0.372 e. The molecule has 1 saturated heterocycles. The highest BCUT2D eigenvalue weighted by Gasteiger charge is 2.25. The molecule has 3 aromatic heterocycles. The summed E-state index contributed by atoms with van der Waals surface area (Å²) in [6.45, 7) is 2.01. The number of hydrogen-bond acceptors (Lipinski definition) is 6. The number of nitrogens with zero attached hydrogens (tertiary/aromatic N) is 4. The van der Waals surface area contributed by atoms with Crippen molar-refractivity contribution in [1.82, 2.24) is 19.9 Å². The van der Waals surface area contributed by atoms with Gasteiger partial charge in [-0.05, 0) is 18.9 Å². The second-order valence-electron chi connectivity index (χ2n) is 5.54. The van der Waals surface area contributed by atoms with Crippen LogP contribution < -0.4 is 10.2 Å². The van der Waals surface area contributed by atoms with E-state index >= 15 is 0 Å². The first-order valence-corrected chi connectivity index (χ1v) is 8.39. The Morgan fingerprint density at radius 2 is 2.36 bits per heavy atom. The molecule has 4 heterocycles. The van der Waals surface area contributed by atoms with E-state index in [9.17, 15) is 0 Å². The molecule has 0 radical (unpaired) electrons. The predicted octanol–water partition coefficient (Wildman–Crippen LogP) is 2.84. The van der Waals surface area contributed by atoms with Gasteiger partial charge in [-0.15, -0.1) is 11.3 Å². The molecule has 0 bridgehead atoms. The second kappa shape index (κ2) is 5.57. The lowest BCUT2D eigenvalue weighted by Gasteiger charge is -2.32. The van der Waals surface area contributed by atoms with E-state index in [1.54, 1.807) is 17.7 Å². The lowest BCUT2D eigenvalue weighted by atomic mass is 9.98. The largest absolute Gasteiger partial charge is 0.372 e. The number of nitrogens with one attached hydrogen (secondary N) is 2. The Morgan fingerprint density at radius 3 is 3.23 bits per heavy atom. The number of rotatable bonds is 3. The molecular formula is C15H18N6S. The molecule has 22 heavy (non-hydrogen) atoms. The van der Waals surface area contributed by atoms with Crippen LogP contribution in [-0.4, -0.2) is 40.1 Å². The van der Waals surface area contributed by atoms with E-state index < -0.39 is 0 Å². The number of H-pyrrole nitrogens is 1. The van der Waals surface area contributed by atoms with Crippen molar-refractivity contribution in [3.8, 4) is 0 Å². The number of anilines is 2. The zero-order valence-electron chi connectivity index (χ0n) is 12.4. The van der Waals surface area contributed by atoms with Crippen molar-refractivity contribution in [1.29, 1.82) is 0 Å². The van der Waals surface area contributed by atoms with Crippen LogP contribution in [-0.2, 0) is 0 Å². The van der Waals surface area contributed by atoms with Crippen molar-refractivity contribution in [3.05, 3.63) is 29.0 Å². The normalized spacial score (nSPS) is 18.8. The number of aromatic amines is 1.